The van der Waals surface area contributed by atoms with E-state index in [0.717, 1.165) is 16.6 Å². The van der Waals surface area contributed by atoms with E-state index in [0.29, 0.717) is 12.1 Å². The molecule has 1 heterocycles. The highest BCUT2D eigenvalue weighted by Crippen LogP contribution is 2.19. The van der Waals surface area contributed by atoms with Gasteiger partial charge in [0.15, 0.2) is 0 Å². The van der Waals surface area contributed by atoms with E-state index in [1.54, 1.807) is 13.1 Å². The third-order valence-corrected chi connectivity index (χ3v) is 3.30. The number of amides is 1. The molecule has 0 aliphatic rings. The molecule has 0 saturated carbocycles. The molecule has 1 amide bonds. The molecule has 1 aromatic heterocycles. The molecule has 0 radical (unpaired) electrons. The summed E-state index contributed by atoms with van der Waals surface area (Å²) in [6, 6.07) is 9.31. The minimum Gasteiger partial charge on any atom is -0.469 e. The van der Waals surface area contributed by atoms with Crippen LogP contribution < -0.4 is 0 Å². The molecule has 0 atom stereocenters. The van der Waals surface area contributed by atoms with Crippen molar-refractivity contribution in [1.82, 2.24) is 9.88 Å². The van der Waals surface area contributed by atoms with Crippen LogP contribution in [-0.2, 0) is 9.53 Å². The second-order valence-electron chi connectivity index (χ2n) is 4.88. The van der Waals surface area contributed by atoms with Crippen molar-refractivity contribution in [3.63, 3.8) is 0 Å². The van der Waals surface area contributed by atoms with Gasteiger partial charge in [0.25, 0.3) is 5.91 Å². The minimum absolute atomic E-state index is 0.124. The molecular formula is C16H18N2O3. The zero-order chi connectivity index (χ0) is 15.4. The molecule has 0 aliphatic carbocycles. The van der Waals surface area contributed by atoms with E-state index < -0.39 is 0 Å². The van der Waals surface area contributed by atoms with Gasteiger partial charge in [-0.1, -0.05) is 18.2 Å². The Kier molecular flexibility index (Phi) is 4.52. The lowest BCUT2D eigenvalue weighted by atomic mass is 10.1. The number of ether oxygens (including phenoxy) is 1. The number of carbonyl (C=O) groups is 2. The van der Waals surface area contributed by atoms with Gasteiger partial charge in [-0.15, -0.1) is 0 Å². The Morgan fingerprint density at radius 2 is 2.00 bits per heavy atom. The molecule has 0 N–H and O–H groups in total. The summed E-state index contributed by atoms with van der Waals surface area (Å²) < 4.78 is 4.59. The van der Waals surface area contributed by atoms with Gasteiger partial charge in [-0.3, -0.25) is 14.6 Å². The van der Waals surface area contributed by atoms with Gasteiger partial charge in [-0.05, 0) is 19.1 Å². The van der Waals surface area contributed by atoms with Gasteiger partial charge < -0.3 is 9.64 Å². The van der Waals surface area contributed by atoms with E-state index in [1.807, 2.05) is 31.2 Å². The Balaban J connectivity index is 2.28. The predicted molar refractivity (Wildman–Crippen MR) is 80.1 cm³/mol. The molecule has 5 heteroatoms. The highest BCUT2D eigenvalue weighted by molar-refractivity contribution is 6.06. The van der Waals surface area contributed by atoms with Crippen molar-refractivity contribution < 1.29 is 14.3 Å². The summed E-state index contributed by atoms with van der Waals surface area (Å²) in [6.07, 6.45) is 0.181. The van der Waals surface area contributed by atoms with Crippen molar-refractivity contribution >= 4 is 22.8 Å². The van der Waals surface area contributed by atoms with Crippen LogP contribution in [0, 0.1) is 6.92 Å². The molecule has 0 unspecified atom stereocenters. The predicted octanol–water partition coefficient (Wildman–Crippen LogP) is 2.18. The van der Waals surface area contributed by atoms with Crippen molar-refractivity contribution in [1.29, 1.82) is 0 Å². The lowest BCUT2D eigenvalue weighted by Crippen LogP contribution is -2.29. The quantitative estimate of drug-likeness (QED) is 0.808. The average molecular weight is 286 g/mol. The van der Waals surface area contributed by atoms with Crippen molar-refractivity contribution in [3.8, 4) is 0 Å². The third-order valence-electron chi connectivity index (χ3n) is 3.30. The van der Waals surface area contributed by atoms with E-state index in [4.69, 9.17) is 0 Å². The van der Waals surface area contributed by atoms with Crippen molar-refractivity contribution in [2.45, 2.75) is 13.3 Å². The fraction of sp³-hybridized carbons (Fsp3) is 0.312. The first-order valence-electron chi connectivity index (χ1n) is 6.71. The molecule has 2 rings (SSSR count). The summed E-state index contributed by atoms with van der Waals surface area (Å²) in [5.41, 5.74) is 2.19. The standard InChI is InChI=1S/C16H18N2O3/c1-11-10-13(12-6-4-5-7-14(12)17-11)16(20)18(2)9-8-15(19)21-3/h4-7,10H,8-9H2,1-3H3. The maximum Gasteiger partial charge on any atom is 0.307 e. The zero-order valence-corrected chi connectivity index (χ0v) is 12.4. The summed E-state index contributed by atoms with van der Waals surface area (Å²) in [6.45, 7) is 2.18. The lowest BCUT2D eigenvalue weighted by molar-refractivity contribution is -0.140. The van der Waals surface area contributed by atoms with Gasteiger partial charge in [0.1, 0.15) is 0 Å². The summed E-state index contributed by atoms with van der Waals surface area (Å²) in [5, 5.41) is 0.818. The number of fused-ring (bicyclic) bond motifs is 1. The Morgan fingerprint density at radius 1 is 1.29 bits per heavy atom. The summed E-state index contributed by atoms with van der Waals surface area (Å²) >= 11 is 0. The molecule has 21 heavy (non-hydrogen) atoms. The normalized spacial score (nSPS) is 10.4. The number of pyridine rings is 1. The average Bonchev–Trinajstić information content (AvgIpc) is 2.50. The lowest BCUT2D eigenvalue weighted by Gasteiger charge is -2.18. The maximum atomic E-state index is 12.6. The number of carbonyl (C=O) groups excluding carboxylic acids is 2. The number of hydrogen-bond donors (Lipinski definition) is 0. The van der Waals surface area contributed by atoms with Crippen LogP contribution in [0.2, 0.25) is 0 Å². The molecule has 0 bridgehead atoms. The summed E-state index contributed by atoms with van der Waals surface area (Å²) in [4.78, 5) is 29.7. The molecule has 5 nitrogen and oxygen atoms in total. The fourth-order valence-electron chi connectivity index (χ4n) is 2.15. The second-order valence-corrected chi connectivity index (χ2v) is 4.88. The van der Waals surface area contributed by atoms with Crippen molar-refractivity contribution in [2.75, 3.05) is 20.7 Å². The van der Waals surface area contributed by atoms with Gasteiger partial charge in [0, 0.05) is 24.7 Å². The van der Waals surface area contributed by atoms with E-state index in [1.165, 1.54) is 12.0 Å². The number of methoxy groups -OCH3 is 1. The molecule has 0 fully saturated rings. The van der Waals surface area contributed by atoms with Crippen LogP contribution in [0.3, 0.4) is 0 Å². The molecule has 0 saturated heterocycles. The van der Waals surface area contributed by atoms with Crippen LogP contribution in [0.25, 0.3) is 10.9 Å². The number of benzene rings is 1. The fourth-order valence-corrected chi connectivity index (χ4v) is 2.15. The Labute approximate surface area is 123 Å². The highest BCUT2D eigenvalue weighted by Gasteiger charge is 2.16. The molecule has 0 aliphatic heterocycles. The van der Waals surface area contributed by atoms with Crippen LogP contribution in [0.1, 0.15) is 22.5 Å². The van der Waals surface area contributed by atoms with Gasteiger partial charge >= 0.3 is 5.97 Å². The van der Waals surface area contributed by atoms with E-state index >= 15 is 0 Å². The van der Waals surface area contributed by atoms with Crippen LogP contribution in [0.5, 0.6) is 0 Å². The molecule has 2 aromatic rings. The number of nitrogens with zero attached hydrogens (tertiary/aromatic N) is 2. The van der Waals surface area contributed by atoms with Crippen LogP contribution in [-0.4, -0.2) is 42.5 Å². The number of aromatic nitrogens is 1. The Bertz CT molecular complexity index is 682. The summed E-state index contributed by atoms with van der Waals surface area (Å²) in [7, 11) is 3.01. The Morgan fingerprint density at radius 3 is 2.71 bits per heavy atom. The molecular weight excluding hydrogens is 268 g/mol. The number of para-hydroxylation sites is 1. The second kappa shape index (κ2) is 6.35. The third kappa shape index (κ3) is 3.37. The Hall–Kier alpha value is -2.43. The molecule has 110 valence electrons. The monoisotopic (exact) mass is 286 g/mol. The highest BCUT2D eigenvalue weighted by atomic mass is 16.5. The van der Waals surface area contributed by atoms with E-state index in [2.05, 4.69) is 9.72 Å². The largest absolute Gasteiger partial charge is 0.469 e. The van der Waals surface area contributed by atoms with Gasteiger partial charge in [0.2, 0.25) is 0 Å². The topological polar surface area (TPSA) is 59.5 Å². The van der Waals surface area contributed by atoms with E-state index in [-0.39, 0.29) is 18.3 Å². The first-order chi connectivity index (χ1) is 10.0. The first-order valence-corrected chi connectivity index (χ1v) is 6.71. The number of aryl methyl sites for hydroxylation is 1. The number of esters is 1. The number of rotatable bonds is 4. The molecule has 0 spiro atoms. The first kappa shape index (κ1) is 15.0. The van der Waals surface area contributed by atoms with Gasteiger partial charge in [0.05, 0.1) is 24.6 Å². The van der Waals surface area contributed by atoms with Crippen LogP contribution in [0.15, 0.2) is 30.3 Å². The maximum absolute atomic E-state index is 12.6. The smallest absolute Gasteiger partial charge is 0.307 e. The van der Waals surface area contributed by atoms with Crippen LogP contribution in [0.4, 0.5) is 0 Å². The van der Waals surface area contributed by atoms with E-state index in [9.17, 15) is 9.59 Å². The number of hydrogen-bond acceptors (Lipinski definition) is 4. The van der Waals surface area contributed by atoms with Crippen molar-refractivity contribution in [2.24, 2.45) is 0 Å². The summed E-state index contributed by atoms with van der Waals surface area (Å²) in [5.74, 6) is -0.453. The minimum atomic E-state index is -0.328. The zero-order valence-electron chi connectivity index (χ0n) is 12.4. The SMILES string of the molecule is COC(=O)CCN(C)C(=O)c1cc(C)nc2ccccc12. The van der Waals surface area contributed by atoms with Crippen LogP contribution >= 0.6 is 0 Å². The van der Waals surface area contributed by atoms with Gasteiger partial charge in [-0.25, -0.2) is 0 Å². The van der Waals surface area contributed by atoms with Gasteiger partial charge in [-0.2, -0.15) is 0 Å². The molecule has 1 aromatic carbocycles. The van der Waals surface area contributed by atoms with Crippen molar-refractivity contribution in [3.05, 3.63) is 41.6 Å².